The van der Waals surface area contributed by atoms with E-state index in [-0.39, 0.29) is 5.41 Å². The number of aliphatic carboxylic acids is 1. The monoisotopic (exact) mass is 502 g/mol. The second kappa shape index (κ2) is 8.72. The van der Waals surface area contributed by atoms with Gasteiger partial charge in [0, 0.05) is 0 Å². The SMILES string of the molecule is CCCc1ccccc1C1=CCC2(C)C(CCC3(C)C4CCC5(C(=O)O)CCCC5C4CCC32)C1(C)C. The van der Waals surface area contributed by atoms with E-state index in [0.29, 0.717) is 28.6 Å². The van der Waals surface area contributed by atoms with E-state index < -0.39 is 11.4 Å². The summed E-state index contributed by atoms with van der Waals surface area (Å²) in [6.45, 7) is 12.7. The summed E-state index contributed by atoms with van der Waals surface area (Å²) in [5, 5.41) is 10.3. The fourth-order valence-corrected chi connectivity index (χ4v) is 11.9. The number of rotatable bonds is 4. The number of carboxylic acids is 1. The van der Waals surface area contributed by atoms with Gasteiger partial charge in [0.15, 0.2) is 0 Å². The van der Waals surface area contributed by atoms with Gasteiger partial charge in [0.25, 0.3) is 0 Å². The molecule has 0 amide bonds. The standard InChI is InChI=1S/C35H50O2/c1-6-10-23-11-7-8-12-24(23)26-16-20-34(5)29(32(26,2)3)18-21-33(4)27-17-22-35(31(36)37)19-9-13-28(35)25(27)14-15-30(33)34/h7-8,11-12,16,25,27-30H,6,9-10,13-15,17-22H2,1-5H3,(H,36,37). The van der Waals surface area contributed by atoms with Gasteiger partial charge in [0.05, 0.1) is 5.41 Å². The van der Waals surface area contributed by atoms with Crippen molar-refractivity contribution >= 4 is 11.5 Å². The lowest BCUT2D eigenvalue weighted by atomic mass is 9.36. The molecule has 1 N–H and O–H groups in total. The predicted octanol–water partition coefficient (Wildman–Crippen LogP) is 9.18. The summed E-state index contributed by atoms with van der Waals surface area (Å²) in [5.74, 6) is 2.76. The Hall–Kier alpha value is -1.57. The molecule has 1 aromatic carbocycles. The van der Waals surface area contributed by atoms with Crippen LogP contribution in [0.5, 0.6) is 0 Å². The molecule has 5 aliphatic carbocycles. The van der Waals surface area contributed by atoms with E-state index in [4.69, 9.17) is 0 Å². The van der Waals surface area contributed by atoms with Gasteiger partial charge in [-0.15, -0.1) is 0 Å². The minimum atomic E-state index is -0.480. The minimum absolute atomic E-state index is 0.172. The highest BCUT2D eigenvalue weighted by molar-refractivity contribution is 5.76. The quantitative estimate of drug-likeness (QED) is 0.445. The summed E-state index contributed by atoms with van der Waals surface area (Å²) in [7, 11) is 0. The van der Waals surface area contributed by atoms with Crippen LogP contribution in [0.3, 0.4) is 0 Å². The Morgan fingerprint density at radius 2 is 1.68 bits per heavy atom. The summed E-state index contributed by atoms with van der Waals surface area (Å²) < 4.78 is 0. The van der Waals surface area contributed by atoms with Crippen molar-refractivity contribution in [3.63, 3.8) is 0 Å². The molecular weight excluding hydrogens is 452 g/mol. The molecule has 37 heavy (non-hydrogen) atoms. The van der Waals surface area contributed by atoms with Gasteiger partial charge < -0.3 is 5.11 Å². The zero-order chi connectivity index (χ0) is 26.2. The van der Waals surface area contributed by atoms with Crippen LogP contribution in [0, 0.1) is 51.2 Å². The van der Waals surface area contributed by atoms with Crippen molar-refractivity contribution in [1.29, 1.82) is 0 Å². The lowest BCUT2D eigenvalue weighted by molar-refractivity contribution is -0.187. The minimum Gasteiger partial charge on any atom is -0.481 e. The van der Waals surface area contributed by atoms with Crippen molar-refractivity contribution < 1.29 is 9.90 Å². The van der Waals surface area contributed by atoms with Gasteiger partial charge in [-0.25, -0.2) is 0 Å². The number of hydrogen-bond donors (Lipinski definition) is 1. The number of carboxylic acid groups (broad SMARTS) is 1. The Bertz CT molecular complexity index is 1100. The number of carbonyl (C=O) groups is 1. The first-order valence-electron chi connectivity index (χ1n) is 15.6. The van der Waals surface area contributed by atoms with Gasteiger partial charge >= 0.3 is 5.97 Å². The van der Waals surface area contributed by atoms with E-state index >= 15 is 0 Å². The Morgan fingerprint density at radius 3 is 2.43 bits per heavy atom. The van der Waals surface area contributed by atoms with Gasteiger partial charge in [-0.05, 0) is 127 Å². The zero-order valence-electron chi connectivity index (χ0n) is 24.1. The Morgan fingerprint density at radius 1 is 0.892 bits per heavy atom. The van der Waals surface area contributed by atoms with Crippen molar-refractivity contribution in [3.8, 4) is 0 Å². The predicted molar refractivity (Wildman–Crippen MR) is 152 cm³/mol. The Labute approximate surface area is 225 Å². The van der Waals surface area contributed by atoms with Crippen molar-refractivity contribution in [3.05, 3.63) is 41.5 Å². The third-order valence-corrected chi connectivity index (χ3v) is 13.3. The lowest BCUT2D eigenvalue weighted by Crippen LogP contribution is -2.61. The maximum Gasteiger partial charge on any atom is 0.309 e. The summed E-state index contributed by atoms with van der Waals surface area (Å²) in [5.41, 5.74) is 5.10. The first-order chi connectivity index (χ1) is 17.6. The van der Waals surface area contributed by atoms with Crippen LogP contribution < -0.4 is 0 Å². The summed E-state index contributed by atoms with van der Waals surface area (Å²) in [6.07, 6.45) is 16.7. The van der Waals surface area contributed by atoms with Gasteiger partial charge in [0.1, 0.15) is 0 Å². The molecule has 2 heteroatoms. The number of allylic oxidation sites excluding steroid dienone is 2. The maximum absolute atomic E-state index is 12.5. The topological polar surface area (TPSA) is 37.3 Å². The van der Waals surface area contributed by atoms with Crippen LogP contribution in [0.25, 0.3) is 5.57 Å². The lowest BCUT2D eigenvalue weighted by Gasteiger charge is -2.68. The molecule has 0 bridgehead atoms. The van der Waals surface area contributed by atoms with Crippen LogP contribution in [-0.4, -0.2) is 11.1 Å². The van der Waals surface area contributed by atoms with Crippen LogP contribution >= 0.6 is 0 Å². The number of benzene rings is 1. The fraction of sp³-hybridized carbons (Fsp3) is 0.743. The molecule has 1 aromatic rings. The van der Waals surface area contributed by atoms with Crippen LogP contribution in [0.1, 0.15) is 116 Å². The molecule has 0 radical (unpaired) electrons. The molecule has 0 saturated heterocycles. The van der Waals surface area contributed by atoms with Crippen LogP contribution in [0.4, 0.5) is 0 Å². The van der Waals surface area contributed by atoms with Crippen LogP contribution in [-0.2, 0) is 11.2 Å². The van der Waals surface area contributed by atoms with Gasteiger partial charge in [-0.2, -0.15) is 0 Å². The number of hydrogen-bond acceptors (Lipinski definition) is 1. The molecular formula is C35H50O2. The second-order valence-electron chi connectivity index (χ2n) is 15.0. The normalized spacial score (nSPS) is 44.1. The highest BCUT2D eigenvalue weighted by atomic mass is 16.4. The van der Waals surface area contributed by atoms with Crippen LogP contribution in [0.2, 0.25) is 0 Å². The molecule has 5 aliphatic rings. The zero-order valence-corrected chi connectivity index (χ0v) is 24.1. The first kappa shape index (κ1) is 25.7. The molecule has 8 atom stereocenters. The molecule has 6 rings (SSSR count). The van der Waals surface area contributed by atoms with E-state index in [2.05, 4.69) is 65.0 Å². The molecule has 0 spiro atoms. The summed E-state index contributed by atoms with van der Waals surface area (Å²) in [4.78, 5) is 12.5. The van der Waals surface area contributed by atoms with Gasteiger partial charge in [-0.3, -0.25) is 4.79 Å². The van der Waals surface area contributed by atoms with Crippen molar-refractivity contribution in [2.24, 2.45) is 51.2 Å². The molecule has 0 heterocycles. The van der Waals surface area contributed by atoms with Gasteiger partial charge in [0.2, 0.25) is 0 Å². The average molecular weight is 503 g/mol. The molecule has 0 aliphatic heterocycles. The van der Waals surface area contributed by atoms with E-state index in [1.807, 2.05) is 0 Å². The van der Waals surface area contributed by atoms with Crippen LogP contribution in [0.15, 0.2) is 30.3 Å². The average Bonchev–Trinajstić information content (AvgIpc) is 3.31. The second-order valence-corrected chi connectivity index (χ2v) is 15.0. The first-order valence-corrected chi connectivity index (χ1v) is 15.6. The molecule has 4 fully saturated rings. The molecule has 0 aromatic heterocycles. The highest BCUT2D eigenvalue weighted by Gasteiger charge is 2.66. The third kappa shape index (κ3) is 3.45. The Balaban J connectivity index is 1.34. The number of fused-ring (bicyclic) bond motifs is 7. The smallest absolute Gasteiger partial charge is 0.309 e. The Kier molecular flexibility index (Phi) is 6.06. The van der Waals surface area contributed by atoms with Crippen molar-refractivity contribution in [2.75, 3.05) is 0 Å². The van der Waals surface area contributed by atoms with Crippen molar-refractivity contribution in [1.82, 2.24) is 0 Å². The molecule has 8 unspecified atom stereocenters. The van der Waals surface area contributed by atoms with E-state index in [0.717, 1.165) is 50.4 Å². The number of aryl methyl sites for hydroxylation is 1. The molecule has 202 valence electrons. The van der Waals surface area contributed by atoms with E-state index in [9.17, 15) is 9.90 Å². The highest BCUT2D eigenvalue weighted by Crippen LogP contribution is 2.73. The van der Waals surface area contributed by atoms with Gasteiger partial charge in [-0.1, -0.05) is 77.8 Å². The molecule has 2 nitrogen and oxygen atoms in total. The van der Waals surface area contributed by atoms with E-state index in [1.165, 1.54) is 49.7 Å². The largest absolute Gasteiger partial charge is 0.481 e. The maximum atomic E-state index is 12.5. The summed E-state index contributed by atoms with van der Waals surface area (Å²) in [6, 6.07) is 9.19. The third-order valence-electron chi connectivity index (χ3n) is 13.3. The van der Waals surface area contributed by atoms with Crippen molar-refractivity contribution in [2.45, 2.75) is 112 Å². The fourth-order valence-electron chi connectivity index (χ4n) is 11.9. The summed E-state index contributed by atoms with van der Waals surface area (Å²) >= 11 is 0. The molecule has 4 saturated carbocycles. The van der Waals surface area contributed by atoms with E-state index in [1.54, 1.807) is 5.57 Å².